The molecule has 0 saturated carbocycles. The molecule has 0 unspecified atom stereocenters. The third-order valence-corrected chi connectivity index (χ3v) is 8.13. The third-order valence-electron chi connectivity index (χ3n) is 6.42. The number of unbranched alkanes of at least 4 members (excludes halogenated alkanes) is 1. The summed E-state index contributed by atoms with van der Waals surface area (Å²) in [6.45, 7) is 2.01. The van der Waals surface area contributed by atoms with E-state index in [1.54, 1.807) is 48.5 Å². The van der Waals surface area contributed by atoms with E-state index >= 15 is 0 Å². The summed E-state index contributed by atoms with van der Waals surface area (Å²) in [5.41, 5.74) is 2.62. The van der Waals surface area contributed by atoms with Crippen LogP contribution in [0.25, 0.3) is 16.8 Å². The van der Waals surface area contributed by atoms with E-state index in [4.69, 9.17) is 11.6 Å². The minimum absolute atomic E-state index is 0.0323. The topological polar surface area (TPSA) is 118 Å². The third kappa shape index (κ3) is 6.66. The predicted molar refractivity (Wildman–Crippen MR) is 150 cm³/mol. The second-order valence-electron chi connectivity index (χ2n) is 9.35. The number of para-hydroxylation sites is 1. The number of benzene rings is 3. The minimum Gasteiger partial charge on any atom is -0.476 e. The number of carboxylic acids is 1. The number of alkyl halides is 3. The molecule has 0 fully saturated rings. The van der Waals surface area contributed by atoms with Crippen molar-refractivity contribution >= 4 is 33.5 Å². The van der Waals surface area contributed by atoms with Crippen molar-refractivity contribution in [2.24, 2.45) is 0 Å². The molecular weight excluding hydrogens is 595 g/mol. The molecule has 0 radical (unpaired) electrons. The molecule has 0 aliphatic heterocycles. The van der Waals surface area contributed by atoms with Crippen molar-refractivity contribution in [3.8, 4) is 16.8 Å². The Kier molecular flexibility index (Phi) is 9.07. The van der Waals surface area contributed by atoms with Crippen LogP contribution in [0.15, 0.2) is 77.7 Å². The number of nitrogens with one attached hydrogen (secondary N) is 1. The van der Waals surface area contributed by atoms with Crippen molar-refractivity contribution in [2.45, 2.75) is 43.7 Å². The maximum Gasteiger partial charge on any atom is 0.472 e. The van der Waals surface area contributed by atoms with Crippen molar-refractivity contribution in [3.63, 3.8) is 0 Å². The highest BCUT2D eigenvalue weighted by molar-refractivity contribution is 7.90. The first-order valence-electron chi connectivity index (χ1n) is 12.7. The molecular formula is C29H25ClF3N3O5S. The molecule has 13 heteroatoms. The number of carbonyl (C=O) groups excluding carboxylic acids is 1. The van der Waals surface area contributed by atoms with Crippen LogP contribution in [0.4, 0.5) is 13.2 Å². The zero-order chi connectivity index (χ0) is 30.7. The van der Waals surface area contributed by atoms with Crippen LogP contribution in [-0.4, -0.2) is 41.4 Å². The zero-order valence-corrected chi connectivity index (χ0v) is 23.7. The fourth-order valence-corrected chi connectivity index (χ4v) is 5.84. The van der Waals surface area contributed by atoms with Gasteiger partial charge < -0.3 is 5.11 Å². The lowest BCUT2D eigenvalue weighted by molar-refractivity contribution is -0.171. The van der Waals surface area contributed by atoms with Gasteiger partial charge in [-0.3, -0.25) is 4.79 Å². The Labute approximate surface area is 244 Å². The quantitative estimate of drug-likeness (QED) is 0.218. The number of halogens is 4. The summed E-state index contributed by atoms with van der Waals surface area (Å²) in [5, 5.41) is 15.1. The van der Waals surface area contributed by atoms with Gasteiger partial charge in [-0.15, -0.1) is 0 Å². The van der Waals surface area contributed by atoms with Crippen molar-refractivity contribution < 1.29 is 36.3 Å². The lowest BCUT2D eigenvalue weighted by atomic mass is 9.97. The number of nitrogens with zero attached hydrogens (tertiary/aromatic N) is 2. The molecule has 2 N–H and O–H groups in total. The van der Waals surface area contributed by atoms with Crippen molar-refractivity contribution in [1.82, 2.24) is 14.5 Å². The largest absolute Gasteiger partial charge is 0.476 e. The van der Waals surface area contributed by atoms with E-state index in [1.165, 1.54) is 22.9 Å². The number of aromatic carboxylic acids is 1. The van der Waals surface area contributed by atoms with Crippen LogP contribution in [-0.2, 0) is 27.7 Å². The second-order valence-corrected chi connectivity index (χ2v) is 11.4. The molecule has 8 nitrogen and oxygen atoms in total. The molecule has 1 heterocycles. The lowest BCUT2D eigenvalue weighted by Crippen LogP contribution is -2.40. The van der Waals surface area contributed by atoms with E-state index in [2.05, 4.69) is 5.10 Å². The van der Waals surface area contributed by atoms with Gasteiger partial charge in [-0.1, -0.05) is 79.5 Å². The van der Waals surface area contributed by atoms with Crippen LogP contribution >= 0.6 is 11.6 Å². The van der Waals surface area contributed by atoms with Gasteiger partial charge in [0.2, 0.25) is 0 Å². The molecule has 3 aromatic carbocycles. The first kappa shape index (κ1) is 30.8. The Morgan fingerprint density at radius 3 is 2.26 bits per heavy atom. The molecule has 0 aliphatic rings. The molecule has 0 aliphatic carbocycles. The molecule has 4 aromatic rings. The Bertz CT molecular complexity index is 1740. The number of aromatic nitrogens is 2. The van der Waals surface area contributed by atoms with Crippen molar-refractivity contribution in [3.05, 3.63) is 100 Å². The zero-order valence-electron chi connectivity index (χ0n) is 22.2. The van der Waals surface area contributed by atoms with Crippen LogP contribution in [0.5, 0.6) is 0 Å². The molecule has 4 rings (SSSR count). The van der Waals surface area contributed by atoms with Gasteiger partial charge in [0.1, 0.15) is 0 Å². The van der Waals surface area contributed by atoms with E-state index in [9.17, 15) is 36.3 Å². The van der Waals surface area contributed by atoms with Crippen molar-refractivity contribution in [2.75, 3.05) is 0 Å². The maximum absolute atomic E-state index is 12.7. The average molecular weight is 620 g/mol. The molecule has 0 atom stereocenters. The average Bonchev–Trinajstić information content (AvgIpc) is 3.29. The van der Waals surface area contributed by atoms with Crippen LogP contribution < -0.4 is 4.72 Å². The fourth-order valence-electron chi connectivity index (χ4n) is 4.42. The SMILES string of the molecule is CCCCc1nn(-c2ccccc2Cl)c(C(=O)O)c1Cc1ccc(-c2ccccc2S(=O)(=O)NC(=O)C(F)(F)F)cc1. The van der Waals surface area contributed by atoms with E-state index in [0.717, 1.165) is 23.6 Å². The Hall–Kier alpha value is -4.16. The molecule has 0 spiro atoms. The molecule has 0 saturated heterocycles. The van der Waals surface area contributed by atoms with Gasteiger partial charge in [-0.05, 0) is 42.2 Å². The van der Waals surface area contributed by atoms with Crippen molar-refractivity contribution in [1.29, 1.82) is 0 Å². The van der Waals surface area contributed by atoms with Crippen LogP contribution in [0.2, 0.25) is 5.02 Å². The number of carbonyl (C=O) groups is 2. The van der Waals surface area contributed by atoms with Gasteiger partial charge in [-0.25, -0.2) is 22.6 Å². The maximum atomic E-state index is 12.7. The molecule has 1 amide bonds. The number of rotatable bonds is 10. The van der Waals surface area contributed by atoms with Crippen LogP contribution in [0, 0.1) is 0 Å². The number of hydrogen-bond donors (Lipinski definition) is 2. The van der Waals surface area contributed by atoms with Crippen LogP contribution in [0.1, 0.15) is 47.1 Å². The van der Waals surface area contributed by atoms with Gasteiger partial charge in [0.05, 0.1) is 21.3 Å². The summed E-state index contributed by atoms with van der Waals surface area (Å²) in [7, 11) is -4.84. The summed E-state index contributed by atoms with van der Waals surface area (Å²) in [6.07, 6.45) is -3.01. The van der Waals surface area contributed by atoms with Crippen LogP contribution in [0.3, 0.4) is 0 Å². The first-order chi connectivity index (χ1) is 19.8. The summed E-state index contributed by atoms with van der Waals surface area (Å²) >= 11 is 6.36. The highest BCUT2D eigenvalue weighted by Gasteiger charge is 2.41. The predicted octanol–water partition coefficient (Wildman–Crippen LogP) is 6.19. The summed E-state index contributed by atoms with van der Waals surface area (Å²) in [5.74, 6) is -3.78. The standard InChI is InChI=1S/C29H25ClF3N3O5S/c1-2-3-10-23-21(26(27(37)38)36(34-23)24-11-6-5-9-22(24)30)17-18-13-15-19(16-14-18)20-8-4-7-12-25(20)42(40,41)35-28(39)29(31,32)33/h4-9,11-16H,2-3,10,17H2,1H3,(H,35,39)(H,37,38). The van der Waals surface area contributed by atoms with Gasteiger partial charge in [0.15, 0.2) is 5.69 Å². The minimum atomic E-state index is -5.38. The van der Waals surface area contributed by atoms with E-state index in [-0.39, 0.29) is 17.7 Å². The summed E-state index contributed by atoms with van der Waals surface area (Å²) in [6, 6.07) is 18.6. The lowest BCUT2D eigenvalue weighted by Gasteiger charge is -2.13. The number of aryl methyl sites for hydroxylation is 1. The van der Waals surface area contributed by atoms with E-state index in [1.807, 2.05) is 6.92 Å². The van der Waals surface area contributed by atoms with E-state index < -0.39 is 33.0 Å². The normalized spacial score (nSPS) is 11.8. The highest BCUT2D eigenvalue weighted by atomic mass is 35.5. The second kappa shape index (κ2) is 12.4. The van der Waals surface area contributed by atoms with Gasteiger partial charge in [0, 0.05) is 17.5 Å². The van der Waals surface area contributed by atoms with Gasteiger partial charge >= 0.3 is 18.1 Å². The summed E-state index contributed by atoms with van der Waals surface area (Å²) < 4.78 is 65.8. The molecule has 220 valence electrons. The highest BCUT2D eigenvalue weighted by Crippen LogP contribution is 2.31. The number of amides is 1. The first-order valence-corrected chi connectivity index (χ1v) is 14.6. The Morgan fingerprint density at radius 1 is 1.00 bits per heavy atom. The fraction of sp³-hybridized carbons (Fsp3) is 0.207. The number of carboxylic acid groups (broad SMARTS) is 1. The van der Waals surface area contributed by atoms with E-state index in [0.29, 0.717) is 39.5 Å². The van der Waals surface area contributed by atoms with Gasteiger partial charge in [-0.2, -0.15) is 18.3 Å². The van der Waals surface area contributed by atoms with Gasteiger partial charge in [0.25, 0.3) is 10.0 Å². The monoisotopic (exact) mass is 619 g/mol. The molecule has 42 heavy (non-hydrogen) atoms. The summed E-state index contributed by atoms with van der Waals surface area (Å²) in [4.78, 5) is 23.3. The Balaban J connectivity index is 1.71. The number of sulfonamides is 1. The molecule has 1 aromatic heterocycles. The Morgan fingerprint density at radius 2 is 1.64 bits per heavy atom. The molecule has 0 bridgehead atoms. The smallest absolute Gasteiger partial charge is 0.472 e. The number of hydrogen-bond acceptors (Lipinski definition) is 5.